The zero-order chi connectivity index (χ0) is 21.5. The summed E-state index contributed by atoms with van der Waals surface area (Å²) in [6.07, 6.45) is 1.86. The van der Waals surface area contributed by atoms with Gasteiger partial charge in [0.2, 0.25) is 0 Å². The van der Waals surface area contributed by atoms with E-state index in [0.717, 1.165) is 22.2 Å². The maximum atomic E-state index is 12.8. The summed E-state index contributed by atoms with van der Waals surface area (Å²) in [5.41, 5.74) is 1.43. The number of aryl methyl sites for hydroxylation is 2. The third kappa shape index (κ3) is 3.83. The first-order valence-electron chi connectivity index (χ1n) is 9.43. The Balaban J connectivity index is 1.58. The van der Waals surface area contributed by atoms with E-state index in [-0.39, 0.29) is 4.21 Å². The van der Waals surface area contributed by atoms with Crippen LogP contribution in [-0.4, -0.2) is 33.2 Å². The van der Waals surface area contributed by atoms with E-state index in [0.29, 0.717) is 34.8 Å². The van der Waals surface area contributed by atoms with Gasteiger partial charge in [0.15, 0.2) is 10.0 Å². The summed E-state index contributed by atoms with van der Waals surface area (Å²) in [5.74, 6) is 1.08. The predicted octanol–water partition coefficient (Wildman–Crippen LogP) is 3.68. The smallest absolute Gasteiger partial charge is 0.322 e. The Hall–Kier alpha value is -2.76. The number of benzene rings is 1. The SMILES string of the molecule is CCn1c(Oc2ccc3cc[nH]c3c2)nnc1[C@@H](C)NS(=O)(=O)c1sc(C)nc1C. The van der Waals surface area contributed by atoms with E-state index in [2.05, 4.69) is 24.9 Å². The number of H-pyrrole nitrogens is 1. The predicted molar refractivity (Wildman–Crippen MR) is 114 cm³/mol. The molecule has 0 fully saturated rings. The largest absolute Gasteiger partial charge is 0.424 e. The fourth-order valence-corrected chi connectivity index (χ4v) is 5.99. The van der Waals surface area contributed by atoms with E-state index >= 15 is 0 Å². The van der Waals surface area contributed by atoms with Crippen molar-refractivity contribution in [3.8, 4) is 11.8 Å². The zero-order valence-corrected chi connectivity index (χ0v) is 18.6. The average Bonchev–Trinajstić information content (AvgIpc) is 3.39. The highest BCUT2D eigenvalue weighted by Crippen LogP contribution is 2.28. The molecule has 0 aliphatic heterocycles. The van der Waals surface area contributed by atoms with Crippen LogP contribution in [0, 0.1) is 13.8 Å². The molecule has 2 N–H and O–H groups in total. The summed E-state index contributed by atoms with van der Waals surface area (Å²) in [6, 6.07) is 7.36. The molecular weight excluding hydrogens is 424 g/mol. The van der Waals surface area contributed by atoms with E-state index in [1.807, 2.05) is 37.4 Å². The molecule has 1 aromatic carbocycles. The van der Waals surface area contributed by atoms with Crippen molar-refractivity contribution in [1.82, 2.24) is 29.5 Å². The van der Waals surface area contributed by atoms with Gasteiger partial charge in [0.25, 0.3) is 10.0 Å². The van der Waals surface area contributed by atoms with Gasteiger partial charge in [0, 0.05) is 24.3 Å². The molecule has 0 aliphatic rings. The van der Waals surface area contributed by atoms with Crippen LogP contribution in [0.25, 0.3) is 10.9 Å². The van der Waals surface area contributed by atoms with Crippen molar-refractivity contribution in [2.45, 2.75) is 44.5 Å². The van der Waals surface area contributed by atoms with Gasteiger partial charge in [0.05, 0.1) is 16.7 Å². The van der Waals surface area contributed by atoms with E-state index < -0.39 is 16.1 Å². The third-order valence-electron chi connectivity index (χ3n) is 4.62. The van der Waals surface area contributed by atoms with Gasteiger partial charge in [-0.25, -0.2) is 13.4 Å². The van der Waals surface area contributed by atoms with Gasteiger partial charge in [-0.1, -0.05) is 5.10 Å². The maximum absolute atomic E-state index is 12.8. The normalized spacial score (nSPS) is 13.1. The van der Waals surface area contributed by atoms with Crippen LogP contribution in [0.1, 0.15) is 36.4 Å². The minimum absolute atomic E-state index is 0.213. The average molecular weight is 447 g/mol. The van der Waals surface area contributed by atoms with Crippen LogP contribution in [0.4, 0.5) is 0 Å². The molecule has 1 atom stereocenters. The van der Waals surface area contributed by atoms with E-state index in [1.54, 1.807) is 25.3 Å². The Bertz CT molecular complexity index is 1310. The number of thiazole rings is 1. The highest BCUT2D eigenvalue weighted by molar-refractivity contribution is 7.91. The summed E-state index contributed by atoms with van der Waals surface area (Å²) >= 11 is 1.14. The van der Waals surface area contributed by atoms with Gasteiger partial charge >= 0.3 is 6.01 Å². The lowest BCUT2D eigenvalue weighted by Gasteiger charge is -2.15. The van der Waals surface area contributed by atoms with Gasteiger partial charge in [-0.05, 0) is 51.3 Å². The Labute approximate surface area is 178 Å². The van der Waals surface area contributed by atoms with Gasteiger partial charge < -0.3 is 9.72 Å². The topological polar surface area (TPSA) is 115 Å². The molecule has 0 saturated carbocycles. The number of aromatic amines is 1. The number of nitrogens with one attached hydrogen (secondary N) is 2. The molecule has 9 nitrogen and oxygen atoms in total. The van der Waals surface area contributed by atoms with Gasteiger partial charge in [-0.2, -0.15) is 4.72 Å². The molecule has 3 aromatic heterocycles. The van der Waals surface area contributed by atoms with Crippen LogP contribution in [0.15, 0.2) is 34.7 Å². The monoisotopic (exact) mass is 446 g/mol. The molecular formula is C19H22N6O3S2. The van der Waals surface area contributed by atoms with Crippen molar-refractivity contribution in [3.05, 3.63) is 47.0 Å². The number of rotatable bonds is 7. The molecule has 0 aliphatic carbocycles. The first-order chi connectivity index (χ1) is 14.3. The second-order valence-corrected chi connectivity index (χ2v) is 9.97. The van der Waals surface area contributed by atoms with Crippen LogP contribution < -0.4 is 9.46 Å². The zero-order valence-electron chi connectivity index (χ0n) is 17.0. The Morgan fingerprint density at radius 1 is 1.27 bits per heavy atom. The summed E-state index contributed by atoms with van der Waals surface area (Å²) in [7, 11) is -3.73. The highest BCUT2D eigenvalue weighted by Gasteiger charge is 2.27. The Morgan fingerprint density at radius 3 is 2.77 bits per heavy atom. The van der Waals surface area contributed by atoms with Crippen molar-refractivity contribution in [2.24, 2.45) is 0 Å². The van der Waals surface area contributed by atoms with Gasteiger partial charge in [-0.15, -0.1) is 16.4 Å². The van der Waals surface area contributed by atoms with Crippen molar-refractivity contribution in [2.75, 3.05) is 0 Å². The van der Waals surface area contributed by atoms with Crippen molar-refractivity contribution < 1.29 is 13.2 Å². The fourth-order valence-electron chi connectivity index (χ4n) is 3.29. The van der Waals surface area contributed by atoms with Gasteiger partial charge in [-0.3, -0.25) is 4.57 Å². The van der Waals surface area contributed by atoms with Gasteiger partial charge in [0.1, 0.15) is 5.75 Å². The molecule has 158 valence electrons. The lowest BCUT2D eigenvalue weighted by atomic mass is 10.2. The standard InChI is InChI=1S/C19H22N6O3S2/c1-5-25-17(11(2)24-30(26,27)18-12(3)21-13(4)29-18)22-23-19(25)28-15-7-6-14-8-9-20-16(14)10-15/h6-11,20,24H,5H2,1-4H3/t11-/m1/s1. The molecule has 0 saturated heterocycles. The van der Waals surface area contributed by atoms with Crippen molar-refractivity contribution in [3.63, 3.8) is 0 Å². The number of nitrogens with zero attached hydrogens (tertiary/aromatic N) is 4. The van der Waals surface area contributed by atoms with Crippen LogP contribution in [0.3, 0.4) is 0 Å². The van der Waals surface area contributed by atoms with Crippen LogP contribution >= 0.6 is 11.3 Å². The lowest BCUT2D eigenvalue weighted by molar-refractivity contribution is 0.408. The lowest BCUT2D eigenvalue weighted by Crippen LogP contribution is -2.28. The number of aromatic nitrogens is 5. The minimum atomic E-state index is -3.73. The first-order valence-corrected chi connectivity index (χ1v) is 11.7. The number of hydrogen-bond acceptors (Lipinski definition) is 7. The summed E-state index contributed by atoms with van der Waals surface area (Å²) < 4.78 is 36.2. The second-order valence-electron chi connectivity index (χ2n) is 6.86. The Kier molecular flexibility index (Phi) is 5.35. The number of fused-ring (bicyclic) bond motifs is 1. The van der Waals surface area contributed by atoms with Crippen LogP contribution in [0.5, 0.6) is 11.8 Å². The molecule has 30 heavy (non-hydrogen) atoms. The van der Waals surface area contributed by atoms with Crippen LogP contribution in [-0.2, 0) is 16.6 Å². The van der Waals surface area contributed by atoms with Crippen molar-refractivity contribution in [1.29, 1.82) is 0 Å². The van der Waals surface area contributed by atoms with E-state index in [4.69, 9.17) is 4.74 Å². The molecule has 4 aromatic rings. The minimum Gasteiger partial charge on any atom is -0.424 e. The highest BCUT2D eigenvalue weighted by atomic mass is 32.2. The Morgan fingerprint density at radius 2 is 2.07 bits per heavy atom. The molecule has 11 heteroatoms. The maximum Gasteiger partial charge on any atom is 0.322 e. The van der Waals surface area contributed by atoms with E-state index in [1.165, 1.54) is 0 Å². The van der Waals surface area contributed by atoms with Crippen LogP contribution in [0.2, 0.25) is 0 Å². The van der Waals surface area contributed by atoms with Crippen molar-refractivity contribution >= 4 is 32.3 Å². The molecule has 3 heterocycles. The summed E-state index contributed by atoms with van der Waals surface area (Å²) in [6.45, 7) is 7.64. The number of hydrogen-bond donors (Lipinski definition) is 2. The molecule has 0 unspecified atom stereocenters. The van der Waals surface area contributed by atoms with E-state index in [9.17, 15) is 8.42 Å². The fraction of sp³-hybridized carbons (Fsp3) is 0.316. The quantitative estimate of drug-likeness (QED) is 0.447. The molecule has 0 bridgehead atoms. The molecule has 0 amide bonds. The summed E-state index contributed by atoms with van der Waals surface area (Å²) in [4.78, 5) is 7.35. The third-order valence-corrected chi connectivity index (χ3v) is 7.84. The number of ether oxygens (including phenoxy) is 1. The number of sulfonamides is 1. The second kappa shape index (κ2) is 7.82. The summed E-state index contributed by atoms with van der Waals surface area (Å²) in [5, 5.41) is 10.1. The molecule has 0 spiro atoms. The molecule has 4 rings (SSSR count). The molecule has 0 radical (unpaired) electrons. The first kappa shape index (κ1) is 20.5.